The smallest absolute Gasteiger partial charge is 0.191 e. The Morgan fingerprint density at radius 1 is 1.21 bits per heavy atom. The van der Waals surface area contributed by atoms with E-state index in [1.165, 1.54) is 12.8 Å². The number of pyridine rings is 1. The van der Waals surface area contributed by atoms with Gasteiger partial charge >= 0.3 is 0 Å². The van der Waals surface area contributed by atoms with Crippen LogP contribution < -0.4 is 15.5 Å². The summed E-state index contributed by atoms with van der Waals surface area (Å²) in [5, 5.41) is 6.69. The average Bonchev–Trinajstić information content (AvgIpc) is 3.54. The second-order valence-electron chi connectivity index (χ2n) is 7.81. The third kappa shape index (κ3) is 9.04. The molecule has 0 aromatic carbocycles. The van der Waals surface area contributed by atoms with Crippen LogP contribution in [0.4, 0.5) is 5.82 Å². The van der Waals surface area contributed by atoms with Gasteiger partial charge in [-0.3, -0.25) is 0 Å². The number of ether oxygens (including phenoxy) is 1. The van der Waals surface area contributed by atoms with Crippen LogP contribution in [0, 0.1) is 5.92 Å². The maximum Gasteiger partial charge on any atom is 0.191 e. The summed E-state index contributed by atoms with van der Waals surface area (Å²) in [4.78, 5) is 14.0. The number of halogens is 1. The molecular weight excluding hydrogens is 479 g/mol. The largest absolute Gasteiger partial charge is 0.381 e. The van der Waals surface area contributed by atoms with E-state index in [1.54, 1.807) is 0 Å². The van der Waals surface area contributed by atoms with Gasteiger partial charge in [-0.25, -0.2) is 9.98 Å². The van der Waals surface area contributed by atoms with E-state index in [9.17, 15) is 0 Å². The van der Waals surface area contributed by atoms with E-state index in [0.717, 1.165) is 82.2 Å². The van der Waals surface area contributed by atoms with Crippen molar-refractivity contribution in [2.45, 2.75) is 32.7 Å². The summed E-state index contributed by atoms with van der Waals surface area (Å²) < 4.78 is 5.68. The fraction of sp³-hybridized carbons (Fsp3) is 0.714. The van der Waals surface area contributed by atoms with Gasteiger partial charge in [-0.2, -0.15) is 0 Å². The Kier molecular flexibility index (Phi) is 11.0. The highest BCUT2D eigenvalue weighted by Crippen LogP contribution is 2.28. The summed E-state index contributed by atoms with van der Waals surface area (Å²) in [5.74, 6) is 2.76. The predicted octanol–water partition coefficient (Wildman–Crippen LogP) is 2.32. The zero-order chi connectivity index (χ0) is 19.6. The van der Waals surface area contributed by atoms with Crippen LogP contribution in [0.5, 0.6) is 0 Å². The lowest BCUT2D eigenvalue weighted by Gasteiger charge is -2.33. The van der Waals surface area contributed by atoms with Crippen LogP contribution in [0.15, 0.2) is 23.3 Å². The lowest BCUT2D eigenvalue weighted by atomic mass is 10.2. The van der Waals surface area contributed by atoms with E-state index in [4.69, 9.17) is 4.74 Å². The maximum absolute atomic E-state index is 5.68. The first-order valence-corrected chi connectivity index (χ1v) is 10.7. The summed E-state index contributed by atoms with van der Waals surface area (Å²) in [5.41, 5.74) is 1.13. The fourth-order valence-corrected chi connectivity index (χ4v) is 3.16. The highest BCUT2D eigenvalue weighted by molar-refractivity contribution is 14.0. The topological polar surface area (TPSA) is 65.0 Å². The van der Waals surface area contributed by atoms with Gasteiger partial charge in [0, 0.05) is 58.7 Å². The number of anilines is 1. The molecule has 0 radical (unpaired) electrons. The van der Waals surface area contributed by atoms with Crippen molar-refractivity contribution in [2.75, 3.05) is 64.4 Å². The third-order valence-electron chi connectivity index (χ3n) is 5.21. The summed E-state index contributed by atoms with van der Waals surface area (Å²) in [6.45, 7) is 10.5. The number of nitrogens with zero attached hydrogens (tertiary/aromatic N) is 4. The molecule has 2 N–H and O–H groups in total. The van der Waals surface area contributed by atoms with Crippen LogP contribution in [-0.4, -0.2) is 75.4 Å². The summed E-state index contributed by atoms with van der Waals surface area (Å²) in [6.07, 6.45) is 5.65. The van der Waals surface area contributed by atoms with Crippen LogP contribution in [0.2, 0.25) is 0 Å². The van der Waals surface area contributed by atoms with E-state index < -0.39 is 0 Å². The number of aromatic nitrogens is 1. The molecule has 1 aliphatic heterocycles. The van der Waals surface area contributed by atoms with Crippen molar-refractivity contribution in [2.24, 2.45) is 10.9 Å². The SMILES string of the molecule is CCNC(=NCc1ccc(N2CCN(C)CC2)nc1)NCCCOCC1CC1.I. The number of nitrogens with one attached hydrogen (secondary N) is 2. The van der Waals surface area contributed by atoms with Crippen LogP contribution in [0.25, 0.3) is 0 Å². The van der Waals surface area contributed by atoms with Gasteiger partial charge in [-0.05, 0) is 50.8 Å². The number of aliphatic imine (C=N–C) groups is 1. The average molecular weight is 516 g/mol. The molecule has 3 rings (SSSR count). The lowest BCUT2D eigenvalue weighted by Crippen LogP contribution is -2.44. The third-order valence-corrected chi connectivity index (χ3v) is 5.21. The minimum absolute atomic E-state index is 0. The number of guanidine groups is 1. The number of piperazine rings is 1. The van der Waals surface area contributed by atoms with Crippen molar-refractivity contribution < 1.29 is 4.74 Å². The van der Waals surface area contributed by atoms with Crippen LogP contribution in [-0.2, 0) is 11.3 Å². The molecule has 1 saturated carbocycles. The Bertz CT molecular complexity index is 600. The minimum atomic E-state index is 0. The van der Waals surface area contributed by atoms with Crippen LogP contribution >= 0.6 is 24.0 Å². The number of hydrogen-bond donors (Lipinski definition) is 2. The van der Waals surface area contributed by atoms with Gasteiger partial charge in [-0.1, -0.05) is 6.07 Å². The molecule has 2 fully saturated rings. The van der Waals surface area contributed by atoms with E-state index in [2.05, 4.69) is 56.5 Å². The maximum atomic E-state index is 5.68. The first kappa shape index (κ1) is 24.1. The molecule has 29 heavy (non-hydrogen) atoms. The van der Waals surface area contributed by atoms with E-state index >= 15 is 0 Å². The van der Waals surface area contributed by atoms with Gasteiger partial charge < -0.3 is 25.2 Å². The number of likely N-dealkylation sites (N-methyl/N-ethyl adjacent to an activating group) is 1. The Labute approximate surface area is 192 Å². The normalized spacial score (nSPS) is 17.7. The van der Waals surface area contributed by atoms with Crippen LogP contribution in [0.3, 0.4) is 0 Å². The quantitative estimate of drug-likeness (QED) is 0.216. The molecule has 0 amide bonds. The summed E-state index contributed by atoms with van der Waals surface area (Å²) in [6, 6.07) is 4.26. The second-order valence-corrected chi connectivity index (χ2v) is 7.81. The summed E-state index contributed by atoms with van der Waals surface area (Å²) >= 11 is 0. The first-order valence-electron chi connectivity index (χ1n) is 10.7. The van der Waals surface area contributed by atoms with Crippen molar-refractivity contribution in [3.05, 3.63) is 23.9 Å². The molecule has 7 nitrogen and oxygen atoms in total. The van der Waals surface area contributed by atoms with Gasteiger partial charge in [0.2, 0.25) is 0 Å². The Balaban J connectivity index is 0.00000300. The summed E-state index contributed by atoms with van der Waals surface area (Å²) in [7, 11) is 2.17. The van der Waals surface area contributed by atoms with Gasteiger partial charge in [0.1, 0.15) is 5.82 Å². The second kappa shape index (κ2) is 13.2. The molecule has 1 saturated heterocycles. The zero-order valence-electron chi connectivity index (χ0n) is 17.9. The van der Waals surface area contributed by atoms with E-state index in [0.29, 0.717) is 6.54 Å². The van der Waals surface area contributed by atoms with Gasteiger partial charge in [0.15, 0.2) is 5.96 Å². The van der Waals surface area contributed by atoms with Gasteiger partial charge in [0.05, 0.1) is 6.54 Å². The molecule has 0 spiro atoms. The van der Waals surface area contributed by atoms with E-state index in [-0.39, 0.29) is 24.0 Å². The zero-order valence-corrected chi connectivity index (χ0v) is 20.2. The van der Waals surface area contributed by atoms with Crippen molar-refractivity contribution in [3.8, 4) is 0 Å². The minimum Gasteiger partial charge on any atom is -0.381 e. The molecule has 2 heterocycles. The molecule has 1 aromatic rings. The molecular formula is C21H37IN6O. The molecule has 8 heteroatoms. The van der Waals surface area contributed by atoms with Crippen molar-refractivity contribution >= 4 is 35.8 Å². The lowest BCUT2D eigenvalue weighted by molar-refractivity contribution is 0.123. The molecule has 1 aromatic heterocycles. The molecule has 0 atom stereocenters. The standard InChI is InChI=1S/C21H36N6O.HI/c1-3-22-21(23-9-4-14-28-17-18-5-6-18)25-16-19-7-8-20(24-15-19)27-12-10-26(2)11-13-27;/h7-8,15,18H,3-6,9-14,16-17H2,1-2H3,(H2,22,23,25);1H. The van der Waals surface area contributed by atoms with E-state index in [1.807, 2.05) is 6.20 Å². The fourth-order valence-electron chi connectivity index (χ4n) is 3.16. The monoisotopic (exact) mass is 516 g/mol. The molecule has 0 bridgehead atoms. The van der Waals surface area contributed by atoms with Crippen molar-refractivity contribution in [3.63, 3.8) is 0 Å². The molecule has 164 valence electrons. The Hall–Kier alpha value is -1.13. The number of rotatable bonds is 10. The Morgan fingerprint density at radius 3 is 2.66 bits per heavy atom. The van der Waals surface area contributed by atoms with Crippen molar-refractivity contribution in [1.82, 2.24) is 20.5 Å². The van der Waals surface area contributed by atoms with Crippen molar-refractivity contribution in [1.29, 1.82) is 0 Å². The highest BCUT2D eigenvalue weighted by atomic mass is 127. The number of hydrogen-bond acceptors (Lipinski definition) is 5. The van der Waals surface area contributed by atoms with Crippen LogP contribution in [0.1, 0.15) is 31.7 Å². The predicted molar refractivity (Wildman–Crippen MR) is 130 cm³/mol. The molecule has 1 aliphatic carbocycles. The Morgan fingerprint density at radius 2 is 2.00 bits per heavy atom. The van der Waals surface area contributed by atoms with Gasteiger partial charge in [-0.15, -0.1) is 24.0 Å². The van der Waals surface area contributed by atoms with Gasteiger partial charge in [0.25, 0.3) is 0 Å². The molecule has 2 aliphatic rings. The molecule has 0 unspecified atom stereocenters. The first-order chi connectivity index (χ1) is 13.7. The highest BCUT2D eigenvalue weighted by Gasteiger charge is 2.20.